The number of carboxylic acid groups (broad SMARTS) is 1. The summed E-state index contributed by atoms with van der Waals surface area (Å²) in [4.78, 5) is 24.3. The summed E-state index contributed by atoms with van der Waals surface area (Å²) >= 11 is 3.36. The lowest BCUT2D eigenvalue weighted by Crippen LogP contribution is -2.46. The van der Waals surface area contributed by atoms with Crippen molar-refractivity contribution >= 4 is 27.9 Å². The second-order valence-electron chi connectivity index (χ2n) is 4.35. The van der Waals surface area contributed by atoms with Crippen molar-refractivity contribution in [1.29, 1.82) is 0 Å². The number of urea groups is 1. The molecule has 1 rings (SSSR count). The van der Waals surface area contributed by atoms with Gasteiger partial charge >= 0.3 is 12.0 Å². The number of aliphatic carboxylic acids is 1. The van der Waals surface area contributed by atoms with Gasteiger partial charge in [-0.05, 0) is 24.1 Å². The molecule has 0 aliphatic heterocycles. The summed E-state index contributed by atoms with van der Waals surface area (Å²) < 4.78 is 0.930. The Balaban J connectivity index is 2.62. The molecule has 0 saturated heterocycles. The van der Waals surface area contributed by atoms with Crippen molar-refractivity contribution in [2.24, 2.45) is 0 Å². The molecule has 5 nitrogen and oxygen atoms in total. The molecule has 1 atom stereocenters. The van der Waals surface area contributed by atoms with E-state index in [1.54, 1.807) is 7.05 Å². The van der Waals surface area contributed by atoms with Gasteiger partial charge in [0.2, 0.25) is 0 Å². The first-order chi connectivity index (χ1) is 9.43. The van der Waals surface area contributed by atoms with Crippen molar-refractivity contribution in [2.75, 3.05) is 7.05 Å². The van der Waals surface area contributed by atoms with Gasteiger partial charge in [0.15, 0.2) is 0 Å². The fourth-order valence-corrected chi connectivity index (χ4v) is 2.08. The van der Waals surface area contributed by atoms with Crippen LogP contribution in [-0.2, 0) is 11.3 Å². The van der Waals surface area contributed by atoms with Gasteiger partial charge in [-0.3, -0.25) is 0 Å². The summed E-state index contributed by atoms with van der Waals surface area (Å²) in [5, 5.41) is 11.4. The number of hydrogen-bond donors (Lipinski definition) is 2. The lowest BCUT2D eigenvalue weighted by Gasteiger charge is -2.21. The third-order valence-electron chi connectivity index (χ3n) is 2.65. The summed E-state index contributed by atoms with van der Waals surface area (Å²) in [7, 11) is 1.61. The smallest absolute Gasteiger partial charge is 0.326 e. The molecule has 6 heteroatoms. The summed E-state index contributed by atoms with van der Waals surface area (Å²) in [6.45, 7) is 3.87. The fraction of sp³-hybridized carbons (Fsp3) is 0.286. The van der Waals surface area contributed by atoms with Gasteiger partial charge in [-0.1, -0.05) is 34.1 Å². The van der Waals surface area contributed by atoms with Gasteiger partial charge in [-0.25, -0.2) is 9.59 Å². The zero-order valence-electron chi connectivity index (χ0n) is 11.2. The van der Waals surface area contributed by atoms with E-state index in [4.69, 9.17) is 5.11 Å². The molecule has 20 heavy (non-hydrogen) atoms. The predicted octanol–water partition coefficient (Wildman–Crippen LogP) is 2.62. The van der Waals surface area contributed by atoms with E-state index in [-0.39, 0.29) is 6.42 Å². The number of rotatable bonds is 6. The van der Waals surface area contributed by atoms with Gasteiger partial charge in [0.05, 0.1) is 0 Å². The molecule has 0 aliphatic carbocycles. The topological polar surface area (TPSA) is 69.6 Å². The van der Waals surface area contributed by atoms with Crippen LogP contribution in [0, 0.1) is 0 Å². The molecule has 108 valence electrons. The second kappa shape index (κ2) is 7.69. The molecule has 0 heterocycles. The number of amides is 2. The van der Waals surface area contributed by atoms with Crippen LogP contribution >= 0.6 is 15.9 Å². The van der Waals surface area contributed by atoms with E-state index in [1.807, 2.05) is 24.3 Å². The van der Waals surface area contributed by atoms with Crippen LogP contribution in [0.3, 0.4) is 0 Å². The largest absolute Gasteiger partial charge is 0.480 e. The Labute approximate surface area is 126 Å². The highest BCUT2D eigenvalue weighted by atomic mass is 79.9. The van der Waals surface area contributed by atoms with Crippen molar-refractivity contribution < 1.29 is 14.7 Å². The SMILES string of the molecule is C=CCC(NC(=O)N(C)Cc1cccc(Br)c1)C(=O)O. The molecular weight excluding hydrogens is 324 g/mol. The van der Waals surface area contributed by atoms with Gasteiger partial charge in [-0.15, -0.1) is 6.58 Å². The predicted molar refractivity (Wildman–Crippen MR) is 80.4 cm³/mol. The molecule has 2 N–H and O–H groups in total. The molecular formula is C14H17BrN2O3. The molecule has 0 aromatic heterocycles. The highest BCUT2D eigenvalue weighted by Gasteiger charge is 2.20. The van der Waals surface area contributed by atoms with Crippen molar-refractivity contribution in [3.63, 3.8) is 0 Å². The summed E-state index contributed by atoms with van der Waals surface area (Å²) in [6, 6.07) is 6.19. The highest BCUT2D eigenvalue weighted by molar-refractivity contribution is 9.10. The van der Waals surface area contributed by atoms with Crippen LogP contribution in [0.2, 0.25) is 0 Å². The van der Waals surface area contributed by atoms with Gasteiger partial charge in [0, 0.05) is 18.1 Å². The van der Waals surface area contributed by atoms with Crippen molar-refractivity contribution in [3.8, 4) is 0 Å². The number of nitrogens with zero attached hydrogens (tertiary/aromatic N) is 1. The molecule has 2 amide bonds. The minimum atomic E-state index is -1.07. The average Bonchev–Trinajstić information content (AvgIpc) is 2.37. The minimum Gasteiger partial charge on any atom is -0.480 e. The minimum absolute atomic E-state index is 0.186. The summed E-state index contributed by atoms with van der Waals surface area (Å²) in [6.07, 6.45) is 1.65. The van der Waals surface area contributed by atoms with Gasteiger partial charge in [0.1, 0.15) is 6.04 Å². The number of nitrogens with one attached hydrogen (secondary N) is 1. The Morgan fingerprint density at radius 3 is 2.80 bits per heavy atom. The third kappa shape index (κ3) is 5.05. The zero-order chi connectivity index (χ0) is 15.1. The molecule has 1 unspecified atom stereocenters. The number of carboxylic acids is 1. The number of carbonyl (C=O) groups is 2. The van der Waals surface area contributed by atoms with Crippen molar-refractivity contribution in [3.05, 3.63) is 47.0 Å². The Morgan fingerprint density at radius 1 is 1.55 bits per heavy atom. The van der Waals surface area contributed by atoms with Gasteiger partial charge < -0.3 is 15.3 Å². The Hall–Kier alpha value is -1.82. The van der Waals surface area contributed by atoms with Crippen molar-refractivity contribution in [2.45, 2.75) is 19.0 Å². The Bertz CT molecular complexity index is 505. The molecule has 1 aromatic carbocycles. The van der Waals surface area contributed by atoms with Crippen LogP contribution in [0.1, 0.15) is 12.0 Å². The molecule has 0 radical (unpaired) electrons. The number of benzene rings is 1. The maximum absolute atomic E-state index is 11.9. The molecule has 0 bridgehead atoms. The standard InChI is InChI=1S/C14H17BrN2O3/c1-3-5-12(13(18)19)16-14(20)17(2)9-10-6-4-7-11(15)8-10/h3-4,6-8,12H,1,5,9H2,2H3,(H,16,20)(H,18,19). The van der Waals surface area contributed by atoms with Crippen LogP contribution in [0.4, 0.5) is 4.79 Å². The van der Waals surface area contributed by atoms with Crippen LogP contribution in [0.15, 0.2) is 41.4 Å². The van der Waals surface area contributed by atoms with Crippen LogP contribution in [-0.4, -0.2) is 35.1 Å². The molecule has 1 aromatic rings. The first-order valence-corrected chi connectivity index (χ1v) is 6.83. The van der Waals surface area contributed by atoms with Gasteiger partial charge in [-0.2, -0.15) is 0 Å². The maximum Gasteiger partial charge on any atom is 0.326 e. The third-order valence-corrected chi connectivity index (χ3v) is 3.15. The Kier molecular flexibility index (Phi) is 6.24. The molecule has 0 aliphatic rings. The summed E-state index contributed by atoms with van der Waals surface area (Å²) in [5.41, 5.74) is 0.952. The first kappa shape index (κ1) is 16.2. The second-order valence-corrected chi connectivity index (χ2v) is 5.27. The number of carbonyl (C=O) groups excluding carboxylic acids is 1. The number of halogens is 1. The monoisotopic (exact) mass is 340 g/mol. The van der Waals surface area contributed by atoms with E-state index in [0.29, 0.717) is 6.54 Å². The molecule has 0 spiro atoms. The van der Waals surface area contributed by atoms with E-state index < -0.39 is 18.0 Å². The van der Waals surface area contributed by atoms with Crippen LogP contribution < -0.4 is 5.32 Å². The van der Waals surface area contributed by atoms with E-state index in [2.05, 4.69) is 27.8 Å². The first-order valence-electron chi connectivity index (χ1n) is 6.03. The Morgan fingerprint density at radius 2 is 2.25 bits per heavy atom. The normalized spacial score (nSPS) is 11.5. The quantitative estimate of drug-likeness (QED) is 0.782. The average molecular weight is 341 g/mol. The van der Waals surface area contributed by atoms with E-state index >= 15 is 0 Å². The van der Waals surface area contributed by atoms with E-state index in [9.17, 15) is 9.59 Å². The van der Waals surface area contributed by atoms with Crippen molar-refractivity contribution in [1.82, 2.24) is 10.2 Å². The molecule has 0 saturated carbocycles. The fourth-order valence-electron chi connectivity index (χ4n) is 1.63. The lowest BCUT2D eigenvalue weighted by atomic mass is 10.2. The van der Waals surface area contributed by atoms with Crippen LogP contribution in [0.5, 0.6) is 0 Å². The zero-order valence-corrected chi connectivity index (χ0v) is 12.8. The lowest BCUT2D eigenvalue weighted by molar-refractivity contribution is -0.139. The van der Waals surface area contributed by atoms with E-state index in [0.717, 1.165) is 10.0 Å². The maximum atomic E-state index is 11.9. The van der Waals surface area contributed by atoms with Gasteiger partial charge in [0.25, 0.3) is 0 Å². The number of hydrogen-bond acceptors (Lipinski definition) is 2. The highest BCUT2D eigenvalue weighted by Crippen LogP contribution is 2.13. The van der Waals surface area contributed by atoms with Crippen LogP contribution in [0.25, 0.3) is 0 Å². The van der Waals surface area contributed by atoms with E-state index in [1.165, 1.54) is 11.0 Å². The molecule has 0 fully saturated rings. The summed E-state index contributed by atoms with van der Waals surface area (Å²) in [5.74, 6) is -1.07.